The Balaban J connectivity index is 1.90. The van der Waals surface area contributed by atoms with Crippen molar-refractivity contribution in [1.29, 1.82) is 0 Å². The molecule has 1 aliphatic heterocycles. The lowest BCUT2D eigenvalue weighted by Crippen LogP contribution is -2.28. The van der Waals surface area contributed by atoms with Crippen LogP contribution in [0.15, 0.2) is 12.4 Å². The van der Waals surface area contributed by atoms with E-state index in [-0.39, 0.29) is 5.15 Å². The van der Waals surface area contributed by atoms with E-state index in [1.807, 2.05) is 17.8 Å². The summed E-state index contributed by atoms with van der Waals surface area (Å²) in [6.45, 7) is 2.11. The van der Waals surface area contributed by atoms with Gasteiger partial charge in [0.05, 0.1) is 6.10 Å². The Morgan fingerprint density at radius 2 is 2.10 bits per heavy atom. The second kappa shape index (κ2) is 8.32. The maximum absolute atomic E-state index is 10.6. The molecule has 0 aromatic carbocycles. The highest BCUT2D eigenvalue weighted by molar-refractivity contribution is 7.99. The van der Waals surface area contributed by atoms with E-state index < -0.39 is 17.6 Å². The third kappa shape index (κ3) is 3.73. The van der Waals surface area contributed by atoms with E-state index in [4.69, 9.17) is 11.6 Å². The Hall–Kier alpha value is -2.12. The van der Waals surface area contributed by atoms with Crippen molar-refractivity contribution in [1.82, 2.24) is 29.1 Å². The molecule has 152 valence electrons. The number of rotatable bonds is 4. The molecule has 0 aliphatic carbocycles. The van der Waals surface area contributed by atoms with Crippen LogP contribution in [0, 0.1) is 11.8 Å². The molecule has 1 aliphatic rings. The van der Waals surface area contributed by atoms with Gasteiger partial charge in [0.25, 0.3) is 0 Å². The summed E-state index contributed by atoms with van der Waals surface area (Å²) in [5.41, 5.74) is 0.881. The van der Waals surface area contributed by atoms with Crippen molar-refractivity contribution in [2.75, 3.05) is 5.75 Å². The number of aliphatic hydroxyl groups is 2. The highest BCUT2D eigenvalue weighted by atomic mass is 35.5. The lowest BCUT2D eigenvalue weighted by Gasteiger charge is -2.19. The quantitative estimate of drug-likeness (QED) is 0.370. The van der Waals surface area contributed by atoms with Crippen LogP contribution in [0.4, 0.5) is 0 Å². The Morgan fingerprint density at radius 1 is 1.28 bits per heavy atom. The number of aromatic nitrogens is 6. The first kappa shape index (κ1) is 20.2. The number of halogens is 1. The van der Waals surface area contributed by atoms with Crippen LogP contribution in [-0.2, 0) is 7.05 Å². The van der Waals surface area contributed by atoms with E-state index in [0.29, 0.717) is 34.4 Å². The second-order valence-corrected chi connectivity index (χ2v) is 8.37. The molecule has 1 saturated heterocycles. The van der Waals surface area contributed by atoms with Gasteiger partial charge >= 0.3 is 0 Å². The Bertz CT molecular complexity index is 1100. The Kier molecular flexibility index (Phi) is 5.79. The number of nitrogens with zero attached hydrogens (tertiary/aromatic N) is 6. The van der Waals surface area contributed by atoms with Gasteiger partial charge in [0, 0.05) is 31.6 Å². The van der Waals surface area contributed by atoms with E-state index in [9.17, 15) is 10.2 Å². The van der Waals surface area contributed by atoms with Gasteiger partial charge in [-0.15, -0.1) is 11.8 Å². The number of hydrogen-bond donors (Lipinski definition) is 2. The summed E-state index contributed by atoms with van der Waals surface area (Å²) in [6.07, 6.45) is 4.51. The molecule has 3 aromatic rings. The molecule has 29 heavy (non-hydrogen) atoms. The van der Waals surface area contributed by atoms with Crippen LogP contribution >= 0.6 is 23.4 Å². The van der Waals surface area contributed by atoms with Crippen molar-refractivity contribution in [3.05, 3.63) is 23.4 Å². The van der Waals surface area contributed by atoms with Crippen molar-refractivity contribution in [2.45, 2.75) is 43.8 Å². The predicted molar refractivity (Wildman–Crippen MR) is 112 cm³/mol. The van der Waals surface area contributed by atoms with Gasteiger partial charge in [-0.3, -0.25) is 4.57 Å². The Morgan fingerprint density at radius 3 is 2.76 bits per heavy atom. The van der Waals surface area contributed by atoms with Gasteiger partial charge in [-0.05, 0) is 12.3 Å². The summed E-state index contributed by atoms with van der Waals surface area (Å²) in [6, 6.07) is 0. The van der Waals surface area contributed by atoms with Gasteiger partial charge in [0.1, 0.15) is 17.0 Å². The van der Waals surface area contributed by atoms with E-state index in [1.165, 1.54) is 11.8 Å². The van der Waals surface area contributed by atoms with Crippen molar-refractivity contribution >= 4 is 34.5 Å². The minimum Gasteiger partial charge on any atom is -0.389 e. The van der Waals surface area contributed by atoms with Crippen LogP contribution in [0.3, 0.4) is 0 Å². The fourth-order valence-corrected chi connectivity index (χ4v) is 4.72. The zero-order chi connectivity index (χ0) is 20.5. The van der Waals surface area contributed by atoms with Crippen LogP contribution in [-0.4, -0.2) is 57.2 Å². The topological polar surface area (TPSA) is 102 Å². The van der Waals surface area contributed by atoms with Gasteiger partial charge in [0.15, 0.2) is 22.4 Å². The molecule has 1 fully saturated rings. The third-order valence-electron chi connectivity index (χ3n) is 4.75. The molecule has 3 atom stereocenters. The maximum atomic E-state index is 10.6. The van der Waals surface area contributed by atoms with E-state index in [2.05, 4.69) is 38.7 Å². The zero-order valence-corrected chi connectivity index (χ0v) is 17.7. The molecule has 0 spiro atoms. The molecular weight excluding hydrogens is 412 g/mol. The molecule has 0 unspecified atom stereocenters. The molecule has 4 heterocycles. The highest BCUT2D eigenvalue weighted by Gasteiger charge is 2.39. The average Bonchev–Trinajstić information content (AvgIpc) is 3.37. The van der Waals surface area contributed by atoms with E-state index in [1.54, 1.807) is 10.8 Å². The number of aliphatic hydroxyl groups excluding tert-OH is 2. The van der Waals surface area contributed by atoms with Crippen LogP contribution in [0.5, 0.6) is 0 Å². The second-order valence-electron chi connectivity index (χ2n) is 6.86. The average molecular weight is 433 g/mol. The van der Waals surface area contributed by atoms with Crippen molar-refractivity contribution < 1.29 is 10.2 Å². The highest BCUT2D eigenvalue weighted by Crippen LogP contribution is 2.41. The molecule has 4 rings (SSSR count). The molecule has 0 bridgehead atoms. The number of unbranched alkanes of at least 4 members (excludes halogenated alkanes) is 2. The molecule has 8 nitrogen and oxygen atoms in total. The standard InChI is InChI=1S/C19H21ClN6O2S/c1-3-4-5-6-7-12-22-15(20)13-16(23-12)26(19-14(28)11(27)10-29-19)18(24-13)17-21-8-9-25(17)2/h8-9,11,14,19,27-28H,3-5,10H2,1-2H3/t11-,14-,19-/m1/s1. The zero-order valence-electron chi connectivity index (χ0n) is 16.1. The normalized spacial score (nSPS) is 21.5. The van der Waals surface area contributed by atoms with Crippen molar-refractivity contribution in [2.24, 2.45) is 7.05 Å². The fraction of sp³-hybridized carbons (Fsp3) is 0.474. The summed E-state index contributed by atoms with van der Waals surface area (Å²) in [5, 5.41) is 20.4. The first-order valence-corrected chi connectivity index (χ1v) is 10.8. The van der Waals surface area contributed by atoms with Gasteiger partial charge in [0.2, 0.25) is 5.82 Å². The summed E-state index contributed by atoms with van der Waals surface area (Å²) in [4.78, 5) is 17.9. The minimum absolute atomic E-state index is 0.196. The van der Waals surface area contributed by atoms with Crippen molar-refractivity contribution in [3.8, 4) is 23.5 Å². The first-order chi connectivity index (χ1) is 14.0. The largest absolute Gasteiger partial charge is 0.389 e. The molecule has 10 heteroatoms. The van der Waals surface area contributed by atoms with Crippen LogP contribution in [0.2, 0.25) is 5.15 Å². The fourth-order valence-electron chi connectivity index (χ4n) is 3.19. The van der Waals surface area contributed by atoms with E-state index >= 15 is 0 Å². The summed E-state index contributed by atoms with van der Waals surface area (Å²) < 4.78 is 3.61. The van der Waals surface area contributed by atoms with Gasteiger partial charge in [-0.25, -0.2) is 19.9 Å². The first-order valence-electron chi connectivity index (χ1n) is 9.41. The van der Waals surface area contributed by atoms with Crippen molar-refractivity contribution in [3.63, 3.8) is 0 Å². The molecular formula is C19H21ClN6O2S. The number of imidazole rings is 2. The third-order valence-corrected chi connectivity index (χ3v) is 6.38. The Labute approximate surface area is 177 Å². The van der Waals surface area contributed by atoms with Crippen LogP contribution in [0.25, 0.3) is 22.8 Å². The number of hydrogen-bond acceptors (Lipinski definition) is 7. The van der Waals surface area contributed by atoms with Gasteiger partial charge < -0.3 is 14.8 Å². The lowest BCUT2D eigenvalue weighted by atomic mass is 10.2. The molecule has 0 radical (unpaired) electrons. The minimum atomic E-state index is -0.968. The van der Waals surface area contributed by atoms with Crippen LogP contribution < -0.4 is 0 Å². The van der Waals surface area contributed by atoms with Gasteiger partial charge in [-0.2, -0.15) is 0 Å². The molecule has 0 saturated carbocycles. The SMILES string of the molecule is CCCCC#Cc1nc(Cl)c2nc(-c3nccn3C)n([C@@H]3SC[C@@H](O)[C@H]3O)c2n1. The number of aryl methyl sites for hydroxylation is 1. The predicted octanol–water partition coefficient (Wildman–Crippen LogP) is 2.39. The lowest BCUT2D eigenvalue weighted by molar-refractivity contribution is 0.0316. The molecule has 2 N–H and O–H groups in total. The molecule has 3 aromatic heterocycles. The number of fused-ring (bicyclic) bond motifs is 1. The van der Waals surface area contributed by atoms with Gasteiger partial charge in [-0.1, -0.05) is 30.9 Å². The maximum Gasteiger partial charge on any atom is 0.208 e. The smallest absolute Gasteiger partial charge is 0.208 e. The molecule has 0 amide bonds. The van der Waals surface area contributed by atoms with Crippen LogP contribution in [0.1, 0.15) is 37.4 Å². The summed E-state index contributed by atoms with van der Waals surface area (Å²) in [7, 11) is 1.86. The summed E-state index contributed by atoms with van der Waals surface area (Å²) >= 11 is 7.85. The number of thioether (sulfide) groups is 1. The monoisotopic (exact) mass is 432 g/mol. The van der Waals surface area contributed by atoms with E-state index in [0.717, 1.165) is 19.3 Å². The summed E-state index contributed by atoms with van der Waals surface area (Å²) in [5.74, 6) is 7.86.